The number of aromatic nitrogens is 3. The third-order valence-electron chi connectivity index (χ3n) is 3.40. The van der Waals surface area contributed by atoms with Crippen molar-refractivity contribution >= 4 is 28.1 Å². The Kier molecular flexibility index (Phi) is 3.97. The minimum Gasteiger partial charge on any atom is -0.381 e. The molecule has 116 valence electrons. The van der Waals surface area contributed by atoms with Crippen molar-refractivity contribution in [2.45, 2.75) is 6.92 Å². The fourth-order valence-electron chi connectivity index (χ4n) is 2.39. The lowest BCUT2D eigenvalue weighted by Gasteiger charge is -2.19. The molecule has 5 N–H and O–H groups in total. The Labute approximate surface area is 132 Å². The second-order valence-electron chi connectivity index (χ2n) is 4.80. The zero-order valence-corrected chi connectivity index (χ0v) is 13.4. The third-order valence-corrected chi connectivity index (χ3v) is 4.46. The van der Waals surface area contributed by atoms with Crippen LogP contribution in [0.3, 0.4) is 0 Å². The maximum Gasteiger partial charge on any atom is 0.162 e. The van der Waals surface area contributed by atoms with E-state index in [-0.39, 0.29) is 0 Å². The van der Waals surface area contributed by atoms with E-state index in [0.29, 0.717) is 5.82 Å². The van der Waals surface area contributed by atoms with Crippen LogP contribution in [-0.2, 0) is 0 Å². The molecule has 3 rings (SSSR count). The van der Waals surface area contributed by atoms with Crippen LogP contribution >= 0.6 is 11.5 Å². The summed E-state index contributed by atoms with van der Waals surface area (Å²) in [6.45, 7) is 2.79. The van der Waals surface area contributed by atoms with Gasteiger partial charge in [0.2, 0.25) is 0 Å². The number of nitrogens with zero attached hydrogens (tertiary/aromatic N) is 2. The van der Waals surface area contributed by atoms with Crippen molar-refractivity contribution < 1.29 is 0 Å². The normalized spacial score (nSPS) is 10.6. The van der Waals surface area contributed by atoms with Crippen molar-refractivity contribution in [2.24, 2.45) is 0 Å². The molecule has 0 saturated heterocycles. The number of aromatic amines is 1. The number of hydrogen-bond acceptors (Lipinski definition) is 4. The van der Waals surface area contributed by atoms with E-state index in [2.05, 4.69) is 46.4 Å². The molecule has 2 aromatic carbocycles. The summed E-state index contributed by atoms with van der Waals surface area (Å²) in [6, 6.07) is 14.6. The predicted molar refractivity (Wildman–Crippen MR) is 94.8 cm³/mol. The van der Waals surface area contributed by atoms with Crippen molar-refractivity contribution in [2.75, 3.05) is 30.2 Å². The van der Waals surface area contributed by atoms with Crippen LogP contribution in [0.25, 0.3) is 21.2 Å². The molecule has 0 unspecified atom stereocenters. The lowest BCUT2D eigenvalue weighted by Crippen LogP contribution is -2.27. The smallest absolute Gasteiger partial charge is 0.162 e. The number of nitrogens with one attached hydrogen (secondary N) is 3. The van der Waals surface area contributed by atoms with Crippen LogP contribution in [0, 0.1) is 0 Å². The maximum atomic E-state index is 6.35. The molecule has 0 aliphatic rings. The summed E-state index contributed by atoms with van der Waals surface area (Å²) >= 11 is 1.52. The van der Waals surface area contributed by atoms with Crippen LogP contribution in [0.5, 0.6) is 0 Å². The van der Waals surface area contributed by atoms with Crippen LogP contribution < -0.4 is 16.6 Å². The topological polar surface area (TPSA) is 75.7 Å². The highest BCUT2D eigenvalue weighted by molar-refractivity contribution is 7.10. The summed E-state index contributed by atoms with van der Waals surface area (Å²) in [4.78, 5) is 2.72. The van der Waals surface area contributed by atoms with E-state index in [1.54, 1.807) is 8.97 Å². The van der Waals surface area contributed by atoms with Crippen LogP contribution in [0.15, 0.2) is 42.5 Å². The molecule has 1 aromatic heterocycles. The quantitative estimate of drug-likeness (QED) is 0.598. The molecule has 0 aliphatic heterocycles. The molecule has 1 heterocycles. The molecule has 0 saturated carbocycles. The van der Waals surface area contributed by atoms with Gasteiger partial charge in [0, 0.05) is 19.2 Å². The fraction of sp³-hybridized carbons (Fsp3) is 0.200. The van der Waals surface area contributed by atoms with Gasteiger partial charge in [-0.25, -0.2) is 0 Å². The third kappa shape index (κ3) is 2.50. The molecule has 6 nitrogen and oxygen atoms in total. The zero-order chi connectivity index (χ0) is 15.5. The van der Waals surface area contributed by atoms with Gasteiger partial charge in [-0.3, -0.25) is 0 Å². The first-order chi connectivity index (χ1) is 10.7. The molecule has 3 aromatic rings. The van der Waals surface area contributed by atoms with Gasteiger partial charge in [-0.2, -0.15) is 10.0 Å². The summed E-state index contributed by atoms with van der Waals surface area (Å²) in [7, 11) is 1.85. The van der Waals surface area contributed by atoms with Gasteiger partial charge in [-0.05, 0) is 29.2 Å². The van der Waals surface area contributed by atoms with E-state index in [1.165, 1.54) is 22.3 Å². The van der Waals surface area contributed by atoms with Gasteiger partial charge in [0.15, 0.2) is 5.82 Å². The van der Waals surface area contributed by atoms with Gasteiger partial charge in [0.05, 0.1) is 4.88 Å². The Hall–Kier alpha value is -2.54. The van der Waals surface area contributed by atoms with Crippen molar-refractivity contribution in [3.8, 4) is 10.4 Å². The number of nitrogen functional groups attached to an aromatic ring is 1. The molecule has 0 amide bonds. The second-order valence-corrected chi connectivity index (χ2v) is 5.75. The van der Waals surface area contributed by atoms with Gasteiger partial charge in [-0.1, -0.05) is 42.5 Å². The van der Waals surface area contributed by atoms with Gasteiger partial charge in [-0.15, -0.1) is 4.18 Å². The van der Waals surface area contributed by atoms with E-state index < -0.39 is 0 Å². The lowest BCUT2D eigenvalue weighted by atomic mass is 10.0. The monoisotopic (exact) mass is 316 g/mol. The van der Waals surface area contributed by atoms with E-state index in [0.717, 1.165) is 17.0 Å². The number of anilines is 1. The minimum atomic E-state index is 0.648. The Bertz CT molecular complexity index is 815. The van der Waals surface area contributed by atoms with Gasteiger partial charge >= 0.3 is 0 Å². The van der Waals surface area contributed by atoms with Gasteiger partial charge in [0.1, 0.15) is 0 Å². The number of rotatable bonds is 4. The predicted octanol–water partition coefficient (Wildman–Crippen LogP) is 2.94. The van der Waals surface area contributed by atoms with Crippen LogP contribution in [0.4, 0.5) is 5.82 Å². The van der Waals surface area contributed by atoms with Crippen molar-refractivity contribution in [3.05, 3.63) is 42.5 Å². The average molecular weight is 316 g/mol. The summed E-state index contributed by atoms with van der Waals surface area (Å²) in [5, 5.41) is 5.51. The Morgan fingerprint density at radius 3 is 2.73 bits per heavy atom. The summed E-state index contributed by atoms with van der Waals surface area (Å²) in [5.74, 6) is 0.648. The maximum absolute atomic E-state index is 6.35. The molecule has 0 spiro atoms. The molecule has 0 atom stereocenters. The summed E-state index contributed by atoms with van der Waals surface area (Å²) < 4.78 is 1.80. The van der Waals surface area contributed by atoms with Crippen LogP contribution in [0.2, 0.25) is 0 Å². The largest absolute Gasteiger partial charge is 0.381 e. The highest BCUT2D eigenvalue weighted by Crippen LogP contribution is 2.34. The molecular weight excluding hydrogens is 296 g/mol. The first-order valence-corrected chi connectivity index (χ1v) is 7.95. The van der Waals surface area contributed by atoms with E-state index in [1.807, 2.05) is 26.1 Å². The minimum absolute atomic E-state index is 0.648. The zero-order valence-electron chi connectivity index (χ0n) is 12.6. The summed E-state index contributed by atoms with van der Waals surface area (Å²) in [5.41, 5.74) is 13.7. The van der Waals surface area contributed by atoms with E-state index >= 15 is 0 Å². The van der Waals surface area contributed by atoms with Gasteiger partial charge in [0.25, 0.3) is 0 Å². The van der Waals surface area contributed by atoms with E-state index in [4.69, 9.17) is 5.73 Å². The summed E-state index contributed by atoms with van der Waals surface area (Å²) in [6.07, 6.45) is 0. The molecule has 0 aliphatic carbocycles. The SMILES string of the molecule is CCNn1[nH]n(NC)sc(-c2cccc3ccccc23)c1N. The Morgan fingerprint density at radius 1 is 1.18 bits per heavy atom. The first kappa shape index (κ1) is 14.4. The van der Waals surface area contributed by atoms with Crippen molar-refractivity contribution in [1.82, 2.24) is 14.2 Å². The molecule has 22 heavy (non-hydrogen) atoms. The van der Waals surface area contributed by atoms with Gasteiger partial charge < -0.3 is 16.6 Å². The van der Waals surface area contributed by atoms with E-state index in [9.17, 15) is 0 Å². The van der Waals surface area contributed by atoms with Crippen LogP contribution in [-0.4, -0.2) is 27.8 Å². The number of nitrogens with two attached hydrogens (primary N) is 1. The Balaban J connectivity index is 2.28. The fourth-order valence-corrected chi connectivity index (χ4v) is 3.25. The highest BCUT2D eigenvalue weighted by atomic mass is 32.1. The molecule has 7 heteroatoms. The standard InChI is InChI=1S/C15H20N6S/c1-3-18-20-15(16)14(22-21(17-2)19-20)13-10-6-8-11-7-4-5-9-12(11)13/h4-10,17-19H,3,16H2,1-2H3. The number of H-pyrrole nitrogens is 1. The first-order valence-electron chi connectivity index (χ1n) is 7.18. The molecular formula is C15H20N6S. The number of hydrogen-bond donors (Lipinski definition) is 4. The van der Waals surface area contributed by atoms with Crippen molar-refractivity contribution in [3.63, 3.8) is 0 Å². The average Bonchev–Trinajstić information content (AvgIpc) is 2.56. The second kappa shape index (κ2) is 6.07. The molecule has 0 fully saturated rings. The lowest BCUT2D eigenvalue weighted by molar-refractivity contribution is 0.619. The number of benzene rings is 2. The molecule has 0 bridgehead atoms. The van der Waals surface area contributed by atoms with Crippen LogP contribution in [0.1, 0.15) is 6.92 Å². The van der Waals surface area contributed by atoms with Crippen molar-refractivity contribution in [1.29, 1.82) is 0 Å². The Morgan fingerprint density at radius 2 is 1.95 bits per heavy atom. The number of fused-ring (bicyclic) bond motifs is 1. The highest BCUT2D eigenvalue weighted by Gasteiger charge is 2.12. The molecule has 0 radical (unpaired) electrons.